The minimum atomic E-state index is -0.444. The summed E-state index contributed by atoms with van der Waals surface area (Å²) in [7, 11) is 0. The molecule has 2 rings (SSSR count). The van der Waals surface area contributed by atoms with Crippen LogP contribution in [0, 0.1) is 0 Å². The van der Waals surface area contributed by atoms with E-state index in [-0.39, 0.29) is 5.41 Å². The number of aliphatic hydroxyl groups is 1. The van der Waals surface area contributed by atoms with Crippen molar-refractivity contribution < 1.29 is 9.84 Å². The highest BCUT2D eigenvalue weighted by Crippen LogP contribution is 2.25. The number of β-amino-alcohol motifs (C(OH)–C–C–N with tert-alkyl or cyclic N) is 1. The molecular weight excluding hydrogens is 286 g/mol. The summed E-state index contributed by atoms with van der Waals surface area (Å²) in [6.45, 7) is 12.2. The van der Waals surface area contributed by atoms with Gasteiger partial charge in [0.1, 0.15) is 18.5 Å². The summed E-state index contributed by atoms with van der Waals surface area (Å²) in [5.74, 6) is 0.830. The average Bonchev–Trinajstić information content (AvgIpc) is 2.48. The highest BCUT2D eigenvalue weighted by molar-refractivity contribution is 5.31. The van der Waals surface area contributed by atoms with E-state index < -0.39 is 6.10 Å². The maximum atomic E-state index is 10.3. The molecule has 0 aromatic heterocycles. The van der Waals surface area contributed by atoms with Crippen LogP contribution in [0.5, 0.6) is 5.75 Å². The number of hydrogen-bond acceptors (Lipinski definition) is 3. The lowest BCUT2D eigenvalue weighted by Gasteiger charge is -2.40. The van der Waals surface area contributed by atoms with Gasteiger partial charge in [-0.2, -0.15) is 0 Å². The van der Waals surface area contributed by atoms with Crippen LogP contribution in [0.3, 0.4) is 0 Å². The zero-order valence-corrected chi connectivity index (χ0v) is 15.4. The van der Waals surface area contributed by atoms with Crippen molar-refractivity contribution in [2.45, 2.75) is 77.5 Å². The van der Waals surface area contributed by atoms with Crippen molar-refractivity contribution in [2.75, 3.05) is 13.2 Å². The molecule has 3 unspecified atom stereocenters. The lowest BCUT2D eigenvalue weighted by atomic mass is 9.87. The Hall–Kier alpha value is -1.06. The van der Waals surface area contributed by atoms with Gasteiger partial charge in [-0.1, -0.05) is 39.3 Å². The summed E-state index contributed by atoms with van der Waals surface area (Å²) in [6.07, 6.45) is 3.31. The molecule has 0 aliphatic carbocycles. The van der Waals surface area contributed by atoms with E-state index in [2.05, 4.69) is 51.7 Å². The molecule has 1 aromatic carbocycles. The summed E-state index contributed by atoms with van der Waals surface area (Å²) in [4.78, 5) is 2.42. The number of hydrogen-bond donors (Lipinski definition) is 1. The predicted molar refractivity (Wildman–Crippen MR) is 96.1 cm³/mol. The van der Waals surface area contributed by atoms with Crippen LogP contribution in [0.1, 0.15) is 59.4 Å². The number of likely N-dealkylation sites (tertiary alicyclic amines) is 1. The Morgan fingerprint density at radius 2 is 1.70 bits per heavy atom. The van der Waals surface area contributed by atoms with Crippen molar-refractivity contribution in [3.05, 3.63) is 29.8 Å². The molecule has 1 fully saturated rings. The Bertz CT molecular complexity index is 467. The molecule has 0 radical (unpaired) electrons. The van der Waals surface area contributed by atoms with Gasteiger partial charge in [0.15, 0.2) is 0 Å². The van der Waals surface area contributed by atoms with Crippen LogP contribution in [0.4, 0.5) is 0 Å². The lowest BCUT2D eigenvalue weighted by Crippen LogP contribution is -2.48. The molecule has 0 bridgehead atoms. The third-order valence-corrected chi connectivity index (χ3v) is 4.96. The quantitative estimate of drug-likeness (QED) is 0.891. The molecule has 3 heteroatoms. The normalized spacial score (nSPS) is 24.4. The SMILES string of the molecule is CC1CCCC(C)N1CC(O)COc1ccc(C(C)(C)C)cc1. The van der Waals surface area contributed by atoms with Gasteiger partial charge in [-0.3, -0.25) is 4.90 Å². The lowest BCUT2D eigenvalue weighted by molar-refractivity contribution is 0.0209. The molecular formula is C20H33NO2. The molecule has 1 aliphatic rings. The van der Waals surface area contributed by atoms with E-state index in [0.717, 1.165) is 5.75 Å². The minimum Gasteiger partial charge on any atom is -0.491 e. The molecule has 23 heavy (non-hydrogen) atoms. The third-order valence-electron chi connectivity index (χ3n) is 4.96. The molecule has 1 N–H and O–H groups in total. The number of ether oxygens (including phenoxy) is 1. The van der Waals surface area contributed by atoms with E-state index in [4.69, 9.17) is 4.74 Å². The van der Waals surface area contributed by atoms with E-state index in [1.54, 1.807) is 0 Å². The van der Waals surface area contributed by atoms with E-state index in [1.165, 1.54) is 24.8 Å². The van der Waals surface area contributed by atoms with Gasteiger partial charge in [-0.15, -0.1) is 0 Å². The largest absolute Gasteiger partial charge is 0.491 e. The monoisotopic (exact) mass is 319 g/mol. The summed E-state index contributed by atoms with van der Waals surface area (Å²) in [5, 5.41) is 10.3. The Labute approximate surface area is 141 Å². The highest BCUT2D eigenvalue weighted by atomic mass is 16.5. The number of nitrogens with zero attached hydrogens (tertiary/aromatic N) is 1. The van der Waals surface area contributed by atoms with E-state index in [0.29, 0.717) is 25.2 Å². The third kappa shape index (κ3) is 5.22. The van der Waals surface area contributed by atoms with E-state index >= 15 is 0 Å². The fourth-order valence-corrected chi connectivity index (χ4v) is 3.37. The first kappa shape index (κ1) is 18.3. The second kappa shape index (κ2) is 7.67. The molecule has 1 aromatic rings. The van der Waals surface area contributed by atoms with Crippen LogP contribution in [-0.2, 0) is 5.41 Å². The zero-order valence-electron chi connectivity index (χ0n) is 15.4. The van der Waals surface area contributed by atoms with Crippen LogP contribution in [0.2, 0.25) is 0 Å². The maximum Gasteiger partial charge on any atom is 0.119 e. The fraction of sp³-hybridized carbons (Fsp3) is 0.700. The molecule has 1 aliphatic heterocycles. The van der Waals surface area contributed by atoms with Crippen molar-refractivity contribution >= 4 is 0 Å². The Balaban J connectivity index is 1.83. The van der Waals surface area contributed by atoms with E-state index in [1.807, 2.05) is 12.1 Å². The maximum absolute atomic E-state index is 10.3. The Morgan fingerprint density at radius 1 is 1.13 bits per heavy atom. The van der Waals surface area contributed by atoms with Gasteiger partial charge in [0.2, 0.25) is 0 Å². The highest BCUT2D eigenvalue weighted by Gasteiger charge is 2.26. The van der Waals surface area contributed by atoms with Crippen molar-refractivity contribution in [1.82, 2.24) is 4.90 Å². The summed E-state index contributed by atoms with van der Waals surface area (Å²) in [6, 6.07) is 9.32. The first-order chi connectivity index (χ1) is 10.8. The van der Waals surface area contributed by atoms with Crippen LogP contribution in [0.25, 0.3) is 0 Å². The van der Waals surface area contributed by atoms with Gasteiger partial charge < -0.3 is 9.84 Å². The van der Waals surface area contributed by atoms with Gasteiger partial charge in [-0.05, 0) is 49.8 Å². The van der Waals surface area contributed by atoms with Crippen LogP contribution in [-0.4, -0.2) is 41.3 Å². The van der Waals surface area contributed by atoms with Crippen molar-refractivity contribution in [3.8, 4) is 5.75 Å². The summed E-state index contributed by atoms with van der Waals surface area (Å²) < 4.78 is 5.77. The molecule has 130 valence electrons. The topological polar surface area (TPSA) is 32.7 Å². The molecule has 1 heterocycles. The van der Waals surface area contributed by atoms with Gasteiger partial charge >= 0.3 is 0 Å². The van der Waals surface area contributed by atoms with Crippen molar-refractivity contribution in [1.29, 1.82) is 0 Å². The molecule has 0 amide bonds. The predicted octanol–water partition coefficient (Wildman–Crippen LogP) is 3.99. The van der Waals surface area contributed by atoms with Crippen LogP contribution < -0.4 is 4.74 Å². The van der Waals surface area contributed by atoms with Gasteiger partial charge in [-0.25, -0.2) is 0 Å². The number of rotatable bonds is 5. The van der Waals surface area contributed by atoms with Crippen LogP contribution >= 0.6 is 0 Å². The average molecular weight is 319 g/mol. The molecule has 1 saturated heterocycles. The van der Waals surface area contributed by atoms with Gasteiger partial charge in [0.25, 0.3) is 0 Å². The first-order valence-electron chi connectivity index (χ1n) is 8.94. The second-order valence-electron chi connectivity index (χ2n) is 8.06. The summed E-state index contributed by atoms with van der Waals surface area (Å²) >= 11 is 0. The van der Waals surface area contributed by atoms with Gasteiger partial charge in [0, 0.05) is 18.6 Å². The number of piperidine rings is 1. The van der Waals surface area contributed by atoms with Crippen molar-refractivity contribution in [3.63, 3.8) is 0 Å². The number of aliphatic hydroxyl groups excluding tert-OH is 1. The molecule has 0 saturated carbocycles. The van der Waals surface area contributed by atoms with Crippen LogP contribution in [0.15, 0.2) is 24.3 Å². The number of benzene rings is 1. The van der Waals surface area contributed by atoms with E-state index in [9.17, 15) is 5.11 Å². The fourth-order valence-electron chi connectivity index (χ4n) is 3.37. The second-order valence-corrected chi connectivity index (χ2v) is 8.06. The Morgan fingerprint density at radius 3 is 2.22 bits per heavy atom. The zero-order chi connectivity index (χ0) is 17.0. The molecule has 3 nitrogen and oxygen atoms in total. The molecule has 3 atom stereocenters. The summed E-state index contributed by atoms with van der Waals surface area (Å²) in [5.41, 5.74) is 1.44. The molecule has 0 spiro atoms. The first-order valence-corrected chi connectivity index (χ1v) is 8.94. The van der Waals surface area contributed by atoms with Gasteiger partial charge in [0.05, 0.1) is 0 Å². The minimum absolute atomic E-state index is 0.151. The van der Waals surface area contributed by atoms with Crippen molar-refractivity contribution in [2.24, 2.45) is 0 Å². The standard InChI is InChI=1S/C20H33NO2/c1-15-7-6-8-16(2)21(15)13-18(22)14-23-19-11-9-17(10-12-19)20(3,4)5/h9-12,15-16,18,22H,6-8,13-14H2,1-5H3. The Kier molecular flexibility index (Phi) is 6.10. The smallest absolute Gasteiger partial charge is 0.119 e.